The van der Waals surface area contributed by atoms with Crippen molar-refractivity contribution in [1.29, 1.82) is 0 Å². The van der Waals surface area contributed by atoms with Gasteiger partial charge >= 0.3 is 0 Å². The number of nitrogens with zero attached hydrogens (tertiary/aromatic N) is 1. The van der Waals surface area contributed by atoms with E-state index in [0.29, 0.717) is 5.56 Å². The Hall–Kier alpha value is -1.39. The molecule has 0 bridgehead atoms. The molecule has 5 heteroatoms. The average molecular weight is 228 g/mol. The van der Waals surface area contributed by atoms with Gasteiger partial charge in [0.2, 0.25) is 0 Å². The first-order valence-corrected chi connectivity index (χ1v) is 4.57. The Kier molecular flexibility index (Phi) is 2.70. The summed E-state index contributed by atoms with van der Waals surface area (Å²) in [5, 5.41) is 9.77. The zero-order valence-electron chi connectivity index (χ0n) is 7.52. The number of hydrogen-bond acceptors (Lipinski definition) is 3. The fourth-order valence-electron chi connectivity index (χ4n) is 1.21. The molecule has 15 heavy (non-hydrogen) atoms. The van der Waals surface area contributed by atoms with Gasteiger partial charge in [-0.25, -0.2) is 9.37 Å². The molecule has 0 radical (unpaired) electrons. The van der Waals surface area contributed by atoms with Crippen LogP contribution in [0.2, 0.25) is 5.02 Å². The lowest BCUT2D eigenvalue weighted by Crippen LogP contribution is -1.98. The molecule has 0 aliphatic rings. The number of hydrogen-bond donors (Lipinski definition) is 1. The van der Waals surface area contributed by atoms with Crippen molar-refractivity contribution in [2.24, 2.45) is 0 Å². The fourth-order valence-corrected chi connectivity index (χ4v) is 1.32. The molecule has 0 saturated carbocycles. The van der Waals surface area contributed by atoms with Gasteiger partial charge < -0.3 is 9.52 Å². The maximum atomic E-state index is 13.1. The summed E-state index contributed by atoms with van der Waals surface area (Å²) >= 11 is 5.52. The molecule has 0 aliphatic carbocycles. The van der Waals surface area contributed by atoms with E-state index in [9.17, 15) is 9.50 Å². The number of aromatic nitrogens is 1. The van der Waals surface area contributed by atoms with Crippen LogP contribution in [0.1, 0.15) is 17.4 Å². The summed E-state index contributed by atoms with van der Waals surface area (Å²) < 4.78 is 18.0. The summed E-state index contributed by atoms with van der Waals surface area (Å²) in [6, 6.07) is 4.07. The minimum absolute atomic E-state index is 0.0171. The maximum absolute atomic E-state index is 13.1. The number of oxazole rings is 1. The predicted molar refractivity (Wildman–Crippen MR) is 52.0 cm³/mol. The van der Waals surface area contributed by atoms with Crippen molar-refractivity contribution >= 4 is 11.6 Å². The lowest BCUT2D eigenvalue weighted by atomic mass is 10.1. The first-order chi connectivity index (χ1) is 7.18. The summed E-state index contributed by atoms with van der Waals surface area (Å²) in [5.74, 6) is -0.315. The summed E-state index contributed by atoms with van der Waals surface area (Å²) in [5.41, 5.74) is 0.369. The molecule has 0 aliphatic heterocycles. The van der Waals surface area contributed by atoms with E-state index in [0.717, 1.165) is 6.07 Å². The zero-order valence-corrected chi connectivity index (χ0v) is 8.28. The number of halogens is 2. The van der Waals surface area contributed by atoms with Crippen LogP contribution in [0.3, 0.4) is 0 Å². The Morgan fingerprint density at radius 3 is 2.87 bits per heavy atom. The van der Waals surface area contributed by atoms with Crippen LogP contribution >= 0.6 is 11.6 Å². The van der Waals surface area contributed by atoms with E-state index in [1.54, 1.807) is 0 Å². The Morgan fingerprint density at radius 1 is 1.47 bits per heavy atom. The minimum Gasteiger partial charge on any atom is -0.445 e. The van der Waals surface area contributed by atoms with Crippen LogP contribution in [0.15, 0.2) is 35.2 Å². The van der Waals surface area contributed by atoms with Crippen LogP contribution in [0.5, 0.6) is 0 Å². The quantitative estimate of drug-likeness (QED) is 0.858. The lowest BCUT2D eigenvalue weighted by Gasteiger charge is -2.07. The Bertz CT molecular complexity index is 458. The normalized spacial score (nSPS) is 12.7. The van der Waals surface area contributed by atoms with Crippen molar-refractivity contribution in [2.75, 3.05) is 0 Å². The second-order valence-electron chi connectivity index (χ2n) is 2.98. The third-order valence-corrected chi connectivity index (χ3v) is 2.29. The van der Waals surface area contributed by atoms with Crippen molar-refractivity contribution in [3.63, 3.8) is 0 Å². The van der Waals surface area contributed by atoms with Gasteiger partial charge in [-0.05, 0) is 17.7 Å². The smallest absolute Gasteiger partial charge is 0.181 e. The van der Waals surface area contributed by atoms with E-state index in [4.69, 9.17) is 16.0 Å². The second kappa shape index (κ2) is 4.00. The molecular formula is C10H7ClFNO2. The topological polar surface area (TPSA) is 46.3 Å². The van der Waals surface area contributed by atoms with Crippen molar-refractivity contribution in [3.8, 4) is 0 Å². The monoisotopic (exact) mass is 227 g/mol. The van der Waals surface area contributed by atoms with Gasteiger partial charge in [-0.3, -0.25) is 0 Å². The highest BCUT2D eigenvalue weighted by molar-refractivity contribution is 6.30. The van der Waals surface area contributed by atoms with Crippen LogP contribution in [0.4, 0.5) is 4.39 Å². The molecule has 78 valence electrons. The Morgan fingerprint density at radius 2 is 2.27 bits per heavy atom. The molecule has 3 nitrogen and oxygen atoms in total. The van der Waals surface area contributed by atoms with Gasteiger partial charge in [-0.15, -0.1) is 0 Å². The Balaban J connectivity index is 2.34. The van der Waals surface area contributed by atoms with Crippen LogP contribution in [0, 0.1) is 5.82 Å². The summed E-state index contributed by atoms with van der Waals surface area (Å²) in [6.45, 7) is 0. The molecule has 1 atom stereocenters. The van der Waals surface area contributed by atoms with E-state index in [1.807, 2.05) is 0 Å². The van der Waals surface area contributed by atoms with Gasteiger partial charge in [0.1, 0.15) is 11.9 Å². The number of rotatable bonds is 2. The third-order valence-electron chi connectivity index (χ3n) is 1.98. The van der Waals surface area contributed by atoms with Crippen LogP contribution in [-0.4, -0.2) is 10.1 Å². The standard InChI is InChI=1S/C10H7ClFNO2/c11-7-2-1-6(3-8(7)12)10(14)9-4-13-5-15-9/h1-5,10,14H/t10-/m1/s1. The molecule has 1 N–H and O–H groups in total. The molecule has 0 amide bonds. The van der Waals surface area contributed by atoms with Gasteiger partial charge in [-0.1, -0.05) is 17.7 Å². The van der Waals surface area contributed by atoms with Gasteiger partial charge in [-0.2, -0.15) is 0 Å². The van der Waals surface area contributed by atoms with E-state index in [2.05, 4.69) is 4.98 Å². The van der Waals surface area contributed by atoms with Crippen molar-refractivity contribution in [3.05, 3.63) is 53.0 Å². The van der Waals surface area contributed by atoms with E-state index >= 15 is 0 Å². The molecular weight excluding hydrogens is 221 g/mol. The van der Waals surface area contributed by atoms with E-state index in [-0.39, 0.29) is 10.8 Å². The highest BCUT2D eigenvalue weighted by atomic mass is 35.5. The van der Waals surface area contributed by atoms with E-state index in [1.165, 1.54) is 24.7 Å². The molecule has 0 unspecified atom stereocenters. The average Bonchev–Trinajstić information content (AvgIpc) is 2.74. The lowest BCUT2D eigenvalue weighted by molar-refractivity contribution is 0.189. The van der Waals surface area contributed by atoms with Crippen LogP contribution in [0.25, 0.3) is 0 Å². The number of aliphatic hydroxyl groups excluding tert-OH is 1. The molecule has 0 saturated heterocycles. The van der Waals surface area contributed by atoms with E-state index < -0.39 is 11.9 Å². The second-order valence-corrected chi connectivity index (χ2v) is 3.39. The van der Waals surface area contributed by atoms with Crippen molar-refractivity contribution < 1.29 is 13.9 Å². The first kappa shape index (κ1) is 10.1. The molecule has 1 heterocycles. The molecule has 1 aromatic heterocycles. The summed E-state index contributed by atoms with van der Waals surface area (Å²) in [4.78, 5) is 3.66. The minimum atomic E-state index is -1.03. The fraction of sp³-hybridized carbons (Fsp3) is 0.100. The summed E-state index contributed by atoms with van der Waals surface area (Å²) in [7, 11) is 0. The molecule has 0 spiro atoms. The molecule has 2 aromatic rings. The van der Waals surface area contributed by atoms with Crippen LogP contribution < -0.4 is 0 Å². The van der Waals surface area contributed by atoms with Gasteiger partial charge in [0.15, 0.2) is 12.2 Å². The Labute approximate surface area is 90.1 Å². The van der Waals surface area contributed by atoms with Crippen molar-refractivity contribution in [2.45, 2.75) is 6.10 Å². The molecule has 1 aromatic carbocycles. The largest absolute Gasteiger partial charge is 0.445 e. The number of benzene rings is 1. The summed E-state index contributed by atoms with van der Waals surface area (Å²) in [6.07, 6.45) is 1.54. The highest BCUT2D eigenvalue weighted by Crippen LogP contribution is 2.24. The molecule has 0 fully saturated rings. The highest BCUT2D eigenvalue weighted by Gasteiger charge is 2.15. The van der Waals surface area contributed by atoms with Crippen LogP contribution in [-0.2, 0) is 0 Å². The maximum Gasteiger partial charge on any atom is 0.181 e. The SMILES string of the molecule is O[C@H](c1ccc(Cl)c(F)c1)c1cnco1. The van der Waals surface area contributed by atoms with Gasteiger partial charge in [0.05, 0.1) is 11.2 Å². The predicted octanol–water partition coefficient (Wildman–Crippen LogP) is 2.55. The van der Waals surface area contributed by atoms with Crippen molar-refractivity contribution in [1.82, 2.24) is 4.98 Å². The van der Waals surface area contributed by atoms with Gasteiger partial charge in [0.25, 0.3) is 0 Å². The molecule has 2 rings (SSSR count). The van der Waals surface area contributed by atoms with Gasteiger partial charge in [0, 0.05) is 0 Å². The third kappa shape index (κ3) is 2.00. The number of aliphatic hydroxyl groups is 1. The zero-order chi connectivity index (χ0) is 10.8. The first-order valence-electron chi connectivity index (χ1n) is 4.20.